The fourth-order valence-corrected chi connectivity index (χ4v) is 5.08. The number of aromatic carboxylic acids is 5. The number of halogens is 3. The van der Waals surface area contributed by atoms with Crippen LogP contribution in [0.15, 0.2) is 52.6 Å². The van der Waals surface area contributed by atoms with Crippen LogP contribution in [-0.2, 0) is 14.4 Å². The minimum Gasteiger partial charge on any atom is -0.478 e. The first kappa shape index (κ1) is 34.7. The van der Waals surface area contributed by atoms with Gasteiger partial charge < -0.3 is 40.9 Å². The summed E-state index contributed by atoms with van der Waals surface area (Å²) in [6, 6.07) is 4.81. The van der Waals surface area contributed by atoms with Gasteiger partial charge in [0.15, 0.2) is 0 Å². The van der Waals surface area contributed by atoms with Crippen molar-refractivity contribution in [3.8, 4) is 0 Å². The van der Waals surface area contributed by atoms with Gasteiger partial charge >= 0.3 is 53.9 Å². The molecule has 0 heterocycles. The van der Waals surface area contributed by atoms with E-state index in [9.17, 15) is 92.4 Å². The van der Waals surface area contributed by atoms with Gasteiger partial charge in [-0.25, -0.2) is 38.4 Å². The Morgan fingerprint density at radius 1 is 0.511 bits per heavy atom. The number of carboxylic acids is 8. The van der Waals surface area contributed by atoms with Crippen LogP contribution in [0.4, 0.5) is 13.2 Å². The highest BCUT2D eigenvalue weighted by molar-refractivity contribution is 6.27. The SMILES string of the molecule is O=C(O)C1=C(C(=O)O)C(c2c(C(=O)O)c(C(=O)O)c(C(=O)O)c(C(=O)O)c2C(=O)O)=C(C(=O)O)C(=C(c2ccccc2)C(F)(F)F)C1. The standard InChI is InChI=1S/C28H15F3O16/c29-28(30,31)19(7-4-2-1-3-5-7)8-6-9(20(32)33)11(22(36)37)12(10(8)21(34)35)13-14(23(38)39)16(25(42)43)18(27(46)47)17(26(44)45)15(13)24(40)41/h1-5H,6H2,(H,32,33)(H,34,35)(H,36,37)(H,38,39)(H,40,41)(H,42,43)(H,44,45)(H,46,47). The minimum atomic E-state index is -5.61. The van der Waals surface area contributed by atoms with Crippen LogP contribution in [0.1, 0.15) is 69.3 Å². The van der Waals surface area contributed by atoms with Crippen LogP contribution in [0.5, 0.6) is 0 Å². The lowest BCUT2D eigenvalue weighted by Crippen LogP contribution is -2.30. The van der Waals surface area contributed by atoms with E-state index >= 15 is 0 Å². The summed E-state index contributed by atoms with van der Waals surface area (Å²) in [5, 5.41) is 79.5. The molecule has 16 nitrogen and oxygen atoms in total. The lowest BCUT2D eigenvalue weighted by atomic mass is 9.72. The maximum Gasteiger partial charge on any atom is 0.417 e. The first-order valence-corrected chi connectivity index (χ1v) is 12.1. The van der Waals surface area contributed by atoms with Crippen LogP contribution in [0, 0.1) is 0 Å². The molecule has 0 aromatic heterocycles. The summed E-state index contributed by atoms with van der Waals surface area (Å²) in [5.41, 5.74) is -24.1. The molecule has 3 rings (SSSR count). The molecule has 2 aromatic carbocycles. The van der Waals surface area contributed by atoms with E-state index in [4.69, 9.17) is 0 Å². The van der Waals surface area contributed by atoms with Gasteiger partial charge in [-0.15, -0.1) is 0 Å². The normalized spacial score (nSPS) is 14.4. The number of carbonyl (C=O) groups is 8. The van der Waals surface area contributed by atoms with Gasteiger partial charge in [0.2, 0.25) is 0 Å². The Labute approximate surface area is 255 Å². The molecule has 0 saturated carbocycles. The smallest absolute Gasteiger partial charge is 0.417 e. The zero-order valence-corrected chi connectivity index (χ0v) is 22.6. The molecule has 8 N–H and O–H groups in total. The number of allylic oxidation sites excluding steroid dienone is 1. The van der Waals surface area contributed by atoms with Gasteiger partial charge in [-0.1, -0.05) is 30.3 Å². The molecule has 0 unspecified atom stereocenters. The van der Waals surface area contributed by atoms with Gasteiger partial charge in [0.25, 0.3) is 0 Å². The third kappa shape index (κ3) is 5.99. The summed E-state index contributed by atoms with van der Waals surface area (Å²) in [6.45, 7) is 0. The second-order valence-electron chi connectivity index (χ2n) is 9.19. The van der Waals surface area contributed by atoms with Crippen LogP contribution >= 0.6 is 0 Å². The quantitative estimate of drug-likeness (QED) is 0.181. The van der Waals surface area contributed by atoms with Crippen molar-refractivity contribution >= 4 is 58.9 Å². The number of hydrogen-bond donors (Lipinski definition) is 8. The molecule has 0 amide bonds. The zero-order chi connectivity index (χ0) is 35.9. The molecule has 0 spiro atoms. The Hall–Kier alpha value is -6.79. The van der Waals surface area contributed by atoms with E-state index in [0.717, 1.165) is 24.3 Å². The van der Waals surface area contributed by atoms with E-state index in [1.807, 2.05) is 0 Å². The maximum atomic E-state index is 14.7. The Kier molecular flexibility index (Phi) is 9.08. The number of aliphatic carboxylic acids is 3. The summed E-state index contributed by atoms with van der Waals surface area (Å²) < 4.78 is 44.0. The third-order valence-corrected chi connectivity index (χ3v) is 6.61. The summed E-state index contributed by atoms with van der Waals surface area (Å²) in [4.78, 5) is 99.3. The fraction of sp³-hybridized carbons (Fsp3) is 0.0714. The Morgan fingerprint density at radius 2 is 0.894 bits per heavy atom. The van der Waals surface area contributed by atoms with Crippen molar-refractivity contribution in [2.75, 3.05) is 0 Å². The second-order valence-corrected chi connectivity index (χ2v) is 9.19. The Morgan fingerprint density at radius 3 is 1.21 bits per heavy atom. The van der Waals surface area contributed by atoms with Crippen molar-refractivity contribution in [2.24, 2.45) is 0 Å². The molecule has 0 fully saturated rings. The second kappa shape index (κ2) is 12.3. The van der Waals surface area contributed by atoms with E-state index in [0.29, 0.717) is 0 Å². The number of carboxylic acid groups (broad SMARTS) is 8. The van der Waals surface area contributed by atoms with Crippen LogP contribution in [0.2, 0.25) is 0 Å². The van der Waals surface area contributed by atoms with Crippen molar-refractivity contribution in [3.05, 3.63) is 91.6 Å². The van der Waals surface area contributed by atoms with Crippen LogP contribution < -0.4 is 0 Å². The first-order valence-electron chi connectivity index (χ1n) is 12.1. The van der Waals surface area contributed by atoms with Crippen molar-refractivity contribution < 1.29 is 92.4 Å². The van der Waals surface area contributed by atoms with Gasteiger partial charge in [0.1, 0.15) is 0 Å². The van der Waals surface area contributed by atoms with E-state index in [1.165, 1.54) is 6.07 Å². The summed E-state index contributed by atoms with van der Waals surface area (Å²) in [6.07, 6.45) is -7.27. The van der Waals surface area contributed by atoms with E-state index in [2.05, 4.69) is 0 Å². The summed E-state index contributed by atoms with van der Waals surface area (Å²) >= 11 is 0. The van der Waals surface area contributed by atoms with E-state index in [-0.39, 0.29) is 0 Å². The number of alkyl halides is 3. The largest absolute Gasteiger partial charge is 0.478 e. The molecule has 0 bridgehead atoms. The molecule has 47 heavy (non-hydrogen) atoms. The molecule has 0 radical (unpaired) electrons. The average molecular weight is 664 g/mol. The highest BCUT2D eigenvalue weighted by Crippen LogP contribution is 2.49. The van der Waals surface area contributed by atoms with Gasteiger partial charge in [-0.05, 0) is 11.1 Å². The predicted octanol–water partition coefficient (Wildman–Crippen LogP) is 2.90. The molecule has 19 heteroatoms. The number of hydrogen-bond acceptors (Lipinski definition) is 8. The van der Waals surface area contributed by atoms with Crippen LogP contribution in [0.25, 0.3) is 11.1 Å². The molecular formula is C28H15F3O16. The fourth-order valence-electron chi connectivity index (χ4n) is 5.08. The highest BCUT2D eigenvalue weighted by atomic mass is 19.4. The van der Waals surface area contributed by atoms with Crippen molar-refractivity contribution in [3.63, 3.8) is 0 Å². The van der Waals surface area contributed by atoms with Crippen molar-refractivity contribution in [2.45, 2.75) is 12.6 Å². The Balaban J connectivity index is 3.05. The van der Waals surface area contributed by atoms with Gasteiger partial charge in [-0.2, -0.15) is 13.2 Å². The molecule has 2 aromatic rings. The molecule has 244 valence electrons. The van der Waals surface area contributed by atoms with Gasteiger partial charge in [0.05, 0.1) is 50.1 Å². The summed E-state index contributed by atoms with van der Waals surface area (Å²) in [5.74, 6) is -20.5. The van der Waals surface area contributed by atoms with Crippen molar-refractivity contribution in [1.29, 1.82) is 0 Å². The molecule has 0 saturated heterocycles. The molecule has 0 atom stereocenters. The van der Waals surface area contributed by atoms with Gasteiger partial charge in [-0.3, -0.25) is 0 Å². The third-order valence-electron chi connectivity index (χ3n) is 6.61. The van der Waals surface area contributed by atoms with Crippen LogP contribution in [-0.4, -0.2) is 94.8 Å². The molecule has 1 aliphatic carbocycles. The molecular weight excluding hydrogens is 649 g/mol. The lowest BCUT2D eigenvalue weighted by Gasteiger charge is -2.29. The Bertz CT molecular complexity index is 1890. The van der Waals surface area contributed by atoms with Crippen LogP contribution in [0.3, 0.4) is 0 Å². The summed E-state index contributed by atoms with van der Waals surface area (Å²) in [7, 11) is 0. The van der Waals surface area contributed by atoms with E-state index < -0.39 is 133 Å². The average Bonchev–Trinajstić information content (AvgIpc) is 2.93. The lowest BCUT2D eigenvalue weighted by molar-refractivity contribution is -0.135. The zero-order valence-electron chi connectivity index (χ0n) is 22.6. The van der Waals surface area contributed by atoms with Crippen molar-refractivity contribution in [1.82, 2.24) is 0 Å². The molecule has 0 aliphatic heterocycles. The topological polar surface area (TPSA) is 298 Å². The monoisotopic (exact) mass is 664 g/mol. The highest BCUT2D eigenvalue weighted by Gasteiger charge is 2.47. The van der Waals surface area contributed by atoms with Gasteiger partial charge in [0, 0.05) is 17.6 Å². The number of rotatable bonds is 10. The predicted molar refractivity (Wildman–Crippen MR) is 142 cm³/mol. The van der Waals surface area contributed by atoms with E-state index in [1.54, 1.807) is 0 Å². The minimum absolute atomic E-state index is 0.768. The maximum absolute atomic E-state index is 14.7. The number of benzene rings is 2. The molecule has 1 aliphatic rings. The first-order chi connectivity index (χ1) is 21.7.